The molecule has 0 saturated heterocycles. The third-order valence-electron chi connectivity index (χ3n) is 8.45. The molecule has 3 heterocycles. The molecule has 0 radical (unpaired) electrons. The molecule has 0 bridgehead atoms. The molecule has 1 aliphatic heterocycles. The molecule has 7 rings (SSSR count). The Kier molecular flexibility index (Phi) is 5.76. The Morgan fingerprint density at radius 2 is 1.70 bits per heavy atom. The number of aromatic nitrogens is 2. The van der Waals surface area contributed by atoms with E-state index in [4.69, 9.17) is 11.6 Å². The van der Waals surface area contributed by atoms with E-state index in [2.05, 4.69) is 53.1 Å². The van der Waals surface area contributed by atoms with Crippen molar-refractivity contribution in [2.45, 2.75) is 45.6 Å². The summed E-state index contributed by atoms with van der Waals surface area (Å²) in [6.07, 6.45) is 4.08. The lowest BCUT2D eigenvalue weighted by Gasteiger charge is -2.30. The van der Waals surface area contributed by atoms with Gasteiger partial charge in [-0.25, -0.2) is 0 Å². The van der Waals surface area contributed by atoms with Crippen LogP contribution in [0.25, 0.3) is 22.2 Å². The maximum atomic E-state index is 14.0. The van der Waals surface area contributed by atoms with Gasteiger partial charge in [0.1, 0.15) is 0 Å². The number of para-hydroxylation sites is 2. The number of aryl methyl sites for hydroxylation is 1. The van der Waals surface area contributed by atoms with E-state index in [1.54, 1.807) is 0 Å². The second kappa shape index (κ2) is 9.24. The predicted octanol–water partition coefficient (Wildman–Crippen LogP) is 7.77. The highest BCUT2D eigenvalue weighted by Gasteiger charge is 2.43. The summed E-state index contributed by atoms with van der Waals surface area (Å²) in [6, 6.07) is 23.9. The van der Waals surface area contributed by atoms with E-state index in [0.29, 0.717) is 18.0 Å². The summed E-state index contributed by atoms with van der Waals surface area (Å²) in [4.78, 5) is 31.0. The highest BCUT2D eigenvalue weighted by atomic mass is 35.5. The zero-order chi connectivity index (χ0) is 27.6. The minimum Gasteiger partial charge on any atom is -0.361 e. The molecule has 2 aromatic heterocycles. The normalized spacial score (nSPS) is 17.6. The third-order valence-corrected chi connectivity index (χ3v) is 8.70. The Hall–Kier alpha value is -4.09. The van der Waals surface area contributed by atoms with Crippen molar-refractivity contribution in [2.75, 3.05) is 5.32 Å². The number of H-pyrrole nitrogens is 1. The number of carbonyl (C=O) groups is 2. The number of aromatic amines is 1. The lowest BCUT2D eigenvalue weighted by molar-refractivity contribution is -0.116. The molecule has 1 unspecified atom stereocenters. The number of benzene rings is 3. The first kappa shape index (κ1) is 24.9. The number of halogens is 1. The van der Waals surface area contributed by atoms with Gasteiger partial charge in [-0.05, 0) is 59.2 Å². The number of hydrogen-bond acceptors (Lipinski definition) is 2. The minimum absolute atomic E-state index is 0.0920. The van der Waals surface area contributed by atoms with Gasteiger partial charge in [-0.3, -0.25) is 9.59 Å². The maximum absolute atomic E-state index is 14.0. The van der Waals surface area contributed by atoms with Gasteiger partial charge in [0.05, 0.1) is 11.6 Å². The van der Waals surface area contributed by atoms with Crippen LogP contribution in [0.1, 0.15) is 58.9 Å². The topological polar surface area (TPSA) is 66.9 Å². The average Bonchev–Trinajstić information content (AvgIpc) is 3.58. The maximum Gasteiger partial charge on any atom is 0.236 e. The van der Waals surface area contributed by atoms with Crippen molar-refractivity contribution >= 4 is 39.9 Å². The van der Waals surface area contributed by atoms with Crippen LogP contribution in [0.4, 0.5) is 5.69 Å². The van der Waals surface area contributed by atoms with E-state index in [1.165, 1.54) is 10.9 Å². The average molecular weight is 548 g/mol. The minimum atomic E-state index is -0.560. The van der Waals surface area contributed by atoms with Gasteiger partial charge in [-0.15, -0.1) is 0 Å². The Morgan fingerprint density at radius 1 is 0.950 bits per heavy atom. The van der Waals surface area contributed by atoms with Crippen molar-refractivity contribution in [1.29, 1.82) is 0 Å². The van der Waals surface area contributed by atoms with Crippen molar-refractivity contribution in [2.24, 2.45) is 5.41 Å². The van der Waals surface area contributed by atoms with Crippen LogP contribution in [-0.2, 0) is 24.2 Å². The smallest absolute Gasteiger partial charge is 0.236 e. The van der Waals surface area contributed by atoms with Gasteiger partial charge in [0.15, 0.2) is 5.78 Å². The molecular formula is C34H30ClN3O2. The number of amides is 1. The first-order valence-corrected chi connectivity index (χ1v) is 14.2. The van der Waals surface area contributed by atoms with Gasteiger partial charge in [0, 0.05) is 57.6 Å². The number of nitrogens with one attached hydrogen (secondary N) is 2. The molecular weight excluding hydrogens is 518 g/mol. The molecule has 0 spiro atoms. The van der Waals surface area contributed by atoms with Gasteiger partial charge >= 0.3 is 0 Å². The van der Waals surface area contributed by atoms with Crippen LogP contribution in [0.5, 0.6) is 0 Å². The number of fused-ring (bicyclic) bond motifs is 3. The second-order valence-corrected chi connectivity index (χ2v) is 12.2. The van der Waals surface area contributed by atoms with E-state index in [0.717, 1.165) is 57.7 Å². The lowest BCUT2D eigenvalue weighted by Crippen LogP contribution is -2.29. The van der Waals surface area contributed by atoms with Crippen LogP contribution in [0.15, 0.2) is 79.0 Å². The van der Waals surface area contributed by atoms with Gasteiger partial charge in [-0.1, -0.05) is 74.0 Å². The molecule has 5 aromatic rings. The summed E-state index contributed by atoms with van der Waals surface area (Å²) in [5, 5.41) is 4.92. The van der Waals surface area contributed by atoms with Gasteiger partial charge in [-0.2, -0.15) is 0 Å². The van der Waals surface area contributed by atoms with Gasteiger partial charge in [0.25, 0.3) is 0 Å². The third kappa shape index (κ3) is 3.99. The molecule has 3 aromatic carbocycles. The summed E-state index contributed by atoms with van der Waals surface area (Å²) in [5.74, 6) is -0.541. The Morgan fingerprint density at radius 3 is 2.52 bits per heavy atom. The summed E-state index contributed by atoms with van der Waals surface area (Å²) >= 11 is 6.31. The van der Waals surface area contributed by atoms with E-state index < -0.39 is 5.92 Å². The Labute approximate surface area is 238 Å². The predicted molar refractivity (Wildman–Crippen MR) is 160 cm³/mol. The fourth-order valence-electron chi connectivity index (χ4n) is 6.74. The summed E-state index contributed by atoms with van der Waals surface area (Å²) < 4.78 is 2.32. The quantitative estimate of drug-likeness (QED) is 0.236. The second-order valence-electron chi connectivity index (χ2n) is 11.8. The Bertz CT molecular complexity index is 1810. The molecule has 1 atom stereocenters. The van der Waals surface area contributed by atoms with E-state index in [-0.39, 0.29) is 17.1 Å². The van der Waals surface area contributed by atoms with Crippen LogP contribution in [0, 0.1) is 5.41 Å². The molecule has 0 saturated carbocycles. The molecule has 2 aliphatic rings. The van der Waals surface area contributed by atoms with Crippen LogP contribution in [-0.4, -0.2) is 21.2 Å². The first-order valence-electron chi connectivity index (χ1n) is 13.8. The molecule has 1 aliphatic carbocycles. The molecule has 40 heavy (non-hydrogen) atoms. The molecule has 1 amide bonds. The summed E-state index contributed by atoms with van der Waals surface area (Å²) in [6.45, 7) is 5.00. The van der Waals surface area contributed by atoms with E-state index in [1.807, 2.05) is 54.6 Å². The van der Waals surface area contributed by atoms with Crippen molar-refractivity contribution in [1.82, 2.24) is 9.55 Å². The molecule has 2 N–H and O–H groups in total. The highest BCUT2D eigenvalue weighted by molar-refractivity contribution is 6.30. The van der Waals surface area contributed by atoms with Gasteiger partial charge in [0.2, 0.25) is 5.91 Å². The number of ketones is 1. The standard InChI is InChI=1S/C34H30ClN3O2/c1-34(2)17-27-30(28(39)18-34)31(29-24-8-4-6-10-26(24)37-33(29)40)32(20-11-13-22(35)14-12-20)38(27)16-15-21-19-36-25-9-5-3-7-23(21)25/h3-14,19,29,36H,15-18H2,1-2H3,(H,37,40). The molecule has 5 nitrogen and oxygen atoms in total. The molecule has 0 fully saturated rings. The molecule has 200 valence electrons. The monoisotopic (exact) mass is 547 g/mol. The summed E-state index contributed by atoms with van der Waals surface area (Å²) in [7, 11) is 0. The number of rotatable bonds is 5. The van der Waals surface area contributed by atoms with Crippen molar-refractivity contribution in [3.05, 3.63) is 112 Å². The zero-order valence-electron chi connectivity index (χ0n) is 22.6. The van der Waals surface area contributed by atoms with Crippen molar-refractivity contribution in [3.63, 3.8) is 0 Å². The van der Waals surface area contributed by atoms with Crippen LogP contribution >= 0.6 is 11.6 Å². The van der Waals surface area contributed by atoms with Crippen LogP contribution < -0.4 is 5.32 Å². The number of nitrogens with zero attached hydrogens (tertiary/aromatic N) is 1. The number of hydrogen-bond donors (Lipinski definition) is 2. The van der Waals surface area contributed by atoms with Gasteiger partial charge < -0.3 is 14.9 Å². The first-order chi connectivity index (χ1) is 19.3. The number of anilines is 1. The highest BCUT2D eigenvalue weighted by Crippen LogP contribution is 2.49. The SMILES string of the molecule is CC1(C)CC(=O)c2c(C3C(=O)Nc4ccccc43)c(-c3ccc(Cl)cc3)n(CCc3c[nH]c4ccccc34)c2C1. The zero-order valence-corrected chi connectivity index (χ0v) is 23.3. The van der Waals surface area contributed by atoms with Crippen LogP contribution in [0.2, 0.25) is 5.02 Å². The number of carbonyl (C=O) groups excluding carboxylic acids is 2. The number of Topliss-reactive ketones (excluding diaryl/α,β-unsaturated/α-hetero) is 1. The van der Waals surface area contributed by atoms with E-state index in [9.17, 15) is 9.59 Å². The van der Waals surface area contributed by atoms with E-state index >= 15 is 0 Å². The lowest BCUT2D eigenvalue weighted by atomic mass is 9.74. The molecule has 6 heteroatoms. The largest absolute Gasteiger partial charge is 0.361 e. The fraction of sp³-hybridized carbons (Fsp3) is 0.235. The van der Waals surface area contributed by atoms with Crippen molar-refractivity contribution in [3.8, 4) is 11.3 Å². The Balaban J connectivity index is 1.47. The fourth-order valence-corrected chi connectivity index (χ4v) is 6.86. The van der Waals surface area contributed by atoms with Crippen LogP contribution in [0.3, 0.4) is 0 Å². The summed E-state index contributed by atoms with van der Waals surface area (Å²) in [5.41, 5.74) is 8.34. The van der Waals surface area contributed by atoms with Crippen molar-refractivity contribution < 1.29 is 9.59 Å².